The van der Waals surface area contributed by atoms with Crippen LogP contribution >= 0.6 is 0 Å². The van der Waals surface area contributed by atoms with Crippen molar-refractivity contribution in [1.82, 2.24) is 15.2 Å². The van der Waals surface area contributed by atoms with Crippen LogP contribution in [-0.4, -0.2) is 47.0 Å². The summed E-state index contributed by atoms with van der Waals surface area (Å²) in [5.74, 6) is -0.226. The van der Waals surface area contributed by atoms with Gasteiger partial charge in [0.25, 0.3) is 0 Å². The Morgan fingerprint density at radius 3 is 2.49 bits per heavy atom. The van der Waals surface area contributed by atoms with Gasteiger partial charge in [-0.25, -0.2) is 0 Å². The summed E-state index contributed by atoms with van der Waals surface area (Å²) in [6.07, 6.45) is 7.30. The smallest absolute Gasteiger partial charge is 0.417 e. The number of unbranched alkanes of at least 4 members (excludes halogenated alkanes) is 2. The van der Waals surface area contributed by atoms with Gasteiger partial charge in [0, 0.05) is 49.4 Å². The Hall–Kier alpha value is -2.16. The Morgan fingerprint density at radius 2 is 1.77 bits per heavy atom. The molecule has 0 radical (unpaired) electrons. The number of carbonyl (C=O) groups excluding carboxylic acids is 2. The largest absolute Gasteiger partial charge is 0.465 e. The molecule has 4 rings (SSSR count). The van der Waals surface area contributed by atoms with Crippen LogP contribution < -0.4 is 5.32 Å². The van der Waals surface area contributed by atoms with Crippen LogP contribution in [0.4, 0.5) is 13.2 Å². The zero-order chi connectivity index (χ0) is 28.4. The van der Waals surface area contributed by atoms with Gasteiger partial charge in [-0.3, -0.25) is 14.6 Å². The monoisotopic (exact) mass is 553 g/mol. The Labute approximate surface area is 231 Å². The van der Waals surface area contributed by atoms with Crippen LogP contribution in [-0.2, 0) is 33.5 Å². The Morgan fingerprint density at radius 1 is 1.05 bits per heavy atom. The van der Waals surface area contributed by atoms with Crippen molar-refractivity contribution < 1.29 is 27.5 Å². The number of alkyl halides is 3. The van der Waals surface area contributed by atoms with Crippen LogP contribution in [0.1, 0.15) is 108 Å². The van der Waals surface area contributed by atoms with E-state index in [4.69, 9.17) is 4.74 Å². The molecule has 2 heterocycles. The first kappa shape index (κ1) is 31.4. The number of carbonyl (C=O) groups is 2. The lowest BCUT2D eigenvalue weighted by Crippen LogP contribution is -2.43. The highest BCUT2D eigenvalue weighted by Gasteiger charge is 2.37. The van der Waals surface area contributed by atoms with Crippen LogP contribution in [0.2, 0.25) is 0 Å². The third kappa shape index (κ3) is 9.19. The Bertz CT molecular complexity index is 940. The minimum atomic E-state index is -4.44. The molecule has 1 amide bonds. The number of halogens is 3. The number of fused-ring (bicyclic) bond motifs is 1. The van der Waals surface area contributed by atoms with E-state index >= 15 is 0 Å². The summed E-state index contributed by atoms with van der Waals surface area (Å²) in [5, 5.41) is 3.69. The van der Waals surface area contributed by atoms with Crippen LogP contribution in [0, 0.1) is 11.8 Å². The van der Waals surface area contributed by atoms with Crippen molar-refractivity contribution >= 4 is 11.9 Å². The lowest BCUT2D eigenvalue weighted by molar-refractivity contribution is -0.150. The number of hydrogen-bond donors (Lipinski definition) is 1. The van der Waals surface area contributed by atoms with Gasteiger partial charge in [0.15, 0.2) is 0 Å². The van der Waals surface area contributed by atoms with Gasteiger partial charge < -0.3 is 15.0 Å². The zero-order valence-electron chi connectivity index (χ0n) is 23.8. The Kier molecular flexibility index (Phi) is 12.1. The quantitative estimate of drug-likeness (QED) is 0.296. The minimum absolute atomic E-state index is 0.0274. The first-order chi connectivity index (χ1) is 18.7. The molecule has 1 aromatic rings. The van der Waals surface area contributed by atoms with Gasteiger partial charge in [-0.05, 0) is 56.6 Å². The van der Waals surface area contributed by atoms with Crippen molar-refractivity contribution in [1.29, 1.82) is 0 Å². The molecule has 1 aromatic heterocycles. The predicted octanol–water partition coefficient (Wildman–Crippen LogP) is 6.45. The van der Waals surface area contributed by atoms with E-state index in [9.17, 15) is 22.8 Å². The number of aromatic nitrogens is 1. The van der Waals surface area contributed by atoms with Crippen molar-refractivity contribution in [3.05, 3.63) is 29.1 Å². The molecule has 0 bridgehead atoms. The molecule has 4 unspecified atom stereocenters. The zero-order valence-corrected chi connectivity index (χ0v) is 23.8. The molecule has 3 aliphatic rings. The number of nitrogens with zero attached hydrogens (tertiary/aromatic N) is 2. The normalized spacial score (nSPS) is 24.9. The predicted molar refractivity (Wildman–Crippen MR) is 145 cm³/mol. The molecule has 6 nitrogen and oxygen atoms in total. The van der Waals surface area contributed by atoms with E-state index in [2.05, 4.69) is 31.1 Å². The lowest BCUT2D eigenvalue weighted by Gasteiger charge is -2.32. The number of nitrogens with one attached hydrogen (secondary N) is 1. The molecule has 39 heavy (non-hydrogen) atoms. The second-order valence-electron chi connectivity index (χ2n) is 11.4. The highest BCUT2D eigenvalue weighted by molar-refractivity contribution is 5.79. The van der Waals surface area contributed by atoms with Gasteiger partial charge in [-0.2, -0.15) is 13.2 Å². The van der Waals surface area contributed by atoms with E-state index in [-0.39, 0.29) is 42.3 Å². The fourth-order valence-electron chi connectivity index (χ4n) is 5.92. The number of amides is 1. The van der Waals surface area contributed by atoms with Crippen molar-refractivity contribution in [2.45, 2.75) is 123 Å². The summed E-state index contributed by atoms with van der Waals surface area (Å²) in [4.78, 5) is 31.4. The number of pyridine rings is 1. The lowest BCUT2D eigenvalue weighted by atomic mass is 9.85. The van der Waals surface area contributed by atoms with E-state index in [1.165, 1.54) is 6.42 Å². The molecule has 2 aliphatic carbocycles. The minimum Gasteiger partial charge on any atom is -0.465 e. The van der Waals surface area contributed by atoms with Crippen LogP contribution in [0.15, 0.2) is 12.3 Å². The van der Waals surface area contributed by atoms with Gasteiger partial charge in [0.2, 0.25) is 5.91 Å². The summed E-state index contributed by atoms with van der Waals surface area (Å²) in [6.45, 7) is 7.55. The second kappa shape index (κ2) is 15.0. The molecule has 0 aromatic carbocycles. The fourth-order valence-corrected chi connectivity index (χ4v) is 5.92. The summed E-state index contributed by atoms with van der Waals surface area (Å²) < 4.78 is 44.8. The molecule has 220 valence electrons. The maximum absolute atomic E-state index is 13.2. The SMILES string of the molecule is CCC.CCCCCOC(=O)C1CCCC(NC2CCC(C(=O)N3CCc4ncc(C(F)(F)F)cc4C3)C2)C1. The van der Waals surface area contributed by atoms with Gasteiger partial charge in [0.05, 0.1) is 18.1 Å². The molecule has 2 saturated carbocycles. The summed E-state index contributed by atoms with van der Waals surface area (Å²) in [5.41, 5.74) is 0.372. The molecular weight excluding hydrogens is 507 g/mol. The van der Waals surface area contributed by atoms with Gasteiger partial charge in [-0.1, -0.05) is 46.5 Å². The number of hydrogen-bond acceptors (Lipinski definition) is 5. The molecule has 0 spiro atoms. The standard InChI is InChI=1S/C27H38F3N3O3.C3H8/c1-2-3-4-12-36-26(35)19-6-5-7-22(15-19)32-23-9-8-18(14-23)25(34)33-11-10-24-20(17-33)13-21(16-31-24)27(28,29)30;1-3-2/h13,16,18-19,22-23,32H,2-12,14-15,17H2,1H3;3H2,1-2H3. The van der Waals surface area contributed by atoms with Crippen LogP contribution in [0.5, 0.6) is 0 Å². The van der Waals surface area contributed by atoms with Crippen molar-refractivity contribution in [3.8, 4) is 0 Å². The number of esters is 1. The molecule has 0 saturated heterocycles. The molecule has 4 atom stereocenters. The number of rotatable bonds is 8. The maximum Gasteiger partial charge on any atom is 0.417 e. The summed E-state index contributed by atoms with van der Waals surface area (Å²) >= 11 is 0. The molecular formula is C30H46F3N3O3. The van der Waals surface area contributed by atoms with E-state index in [0.29, 0.717) is 30.8 Å². The van der Waals surface area contributed by atoms with Crippen LogP contribution in [0.3, 0.4) is 0 Å². The molecule has 9 heteroatoms. The first-order valence-electron chi connectivity index (χ1n) is 14.9. The van der Waals surface area contributed by atoms with E-state index in [1.807, 2.05) is 0 Å². The highest BCUT2D eigenvalue weighted by atomic mass is 19.4. The summed E-state index contributed by atoms with van der Waals surface area (Å²) in [6, 6.07) is 1.60. The molecule has 1 N–H and O–H groups in total. The van der Waals surface area contributed by atoms with Crippen LogP contribution in [0.25, 0.3) is 0 Å². The highest BCUT2D eigenvalue weighted by Crippen LogP contribution is 2.34. The topological polar surface area (TPSA) is 71.5 Å². The van der Waals surface area contributed by atoms with Gasteiger partial charge in [0.1, 0.15) is 0 Å². The first-order valence-corrected chi connectivity index (χ1v) is 14.9. The summed E-state index contributed by atoms with van der Waals surface area (Å²) in [7, 11) is 0. The maximum atomic E-state index is 13.2. The Balaban J connectivity index is 0.00000134. The third-order valence-electron chi connectivity index (χ3n) is 7.93. The number of ether oxygens (including phenoxy) is 1. The second-order valence-corrected chi connectivity index (χ2v) is 11.4. The van der Waals surface area contributed by atoms with Crippen molar-refractivity contribution in [2.75, 3.05) is 13.2 Å². The average Bonchev–Trinajstić information content (AvgIpc) is 3.38. The molecule has 2 fully saturated rings. The van der Waals surface area contributed by atoms with E-state index in [0.717, 1.165) is 76.5 Å². The van der Waals surface area contributed by atoms with E-state index < -0.39 is 11.7 Å². The van der Waals surface area contributed by atoms with Crippen molar-refractivity contribution in [3.63, 3.8) is 0 Å². The van der Waals surface area contributed by atoms with Crippen molar-refractivity contribution in [2.24, 2.45) is 11.8 Å². The van der Waals surface area contributed by atoms with Gasteiger partial charge in [-0.15, -0.1) is 0 Å². The molecule has 1 aliphatic heterocycles. The van der Waals surface area contributed by atoms with Gasteiger partial charge >= 0.3 is 12.1 Å². The average molecular weight is 554 g/mol. The third-order valence-corrected chi connectivity index (χ3v) is 7.93. The fraction of sp³-hybridized carbons (Fsp3) is 0.767. The van der Waals surface area contributed by atoms with E-state index in [1.54, 1.807) is 4.90 Å².